The van der Waals surface area contributed by atoms with Gasteiger partial charge in [-0.15, -0.1) is 0 Å². The average molecular weight is 862 g/mol. The van der Waals surface area contributed by atoms with Crippen molar-refractivity contribution in [2.24, 2.45) is 68.0 Å². The van der Waals surface area contributed by atoms with Crippen LogP contribution in [0, 0.1) is 68.0 Å². The first-order valence-electron chi connectivity index (χ1n) is 23.7. The van der Waals surface area contributed by atoms with Crippen LogP contribution >= 0.6 is 11.6 Å². The number of carbonyl (C=O) groups is 4. The summed E-state index contributed by atoms with van der Waals surface area (Å²) < 4.78 is 12.9. The number of allylic oxidation sites excluding steroid dienone is 2. The maximum atomic E-state index is 14.2. The van der Waals surface area contributed by atoms with Crippen molar-refractivity contribution in [3.63, 3.8) is 0 Å². The van der Waals surface area contributed by atoms with Crippen molar-refractivity contribution in [3.8, 4) is 5.75 Å². The average Bonchev–Trinajstić information content (AvgIpc) is 3.47. The van der Waals surface area contributed by atoms with Gasteiger partial charge in [-0.2, -0.15) is 0 Å². The van der Waals surface area contributed by atoms with Gasteiger partial charge in [-0.25, -0.2) is 0 Å². The summed E-state index contributed by atoms with van der Waals surface area (Å²) in [6.45, 7) is 22.6. The fraction of sp³-hybridized carbons (Fsp3) is 0.765. The summed E-state index contributed by atoms with van der Waals surface area (Å²) >= 11 is 6.42. The Balaban J connectivity index is 1.00. The molecule has 8 rings (SSSR count). The molecule has 6 aliphatic carbocycles. The van der Waals surface area contributed by atoms with Crippen LogP contribution in [0.3, 0.4) is 0 Å². The van der Waals surface area contributed by atoms with E-state index in [9.17, 15) is 24.3 Å². The summed E-state index contributed by atoms with van der Waals surface area (Å²) in [5, 5.41) is 17.0. The normalized spacial score (nSPS) is 39.0. The summed E-state index contributed by atoms with van der Waals surface area (Å²) in [7, 11) is 0. The van der Waals surface area contributed by atoms with Gasteiger partial charge in [0.2, 0.25) is 5.91 Å². The number of fused-ring (bicyclic) bond motifs is 7. The smallest absolute Gasteiger partial charge is 0.309 e. The Morgan fingerprint density at radius 2 is 1.59 bits per heavy atom. The molecule has 1 saturated heterocycles. The minimum atomic E-state index is -0.834. The monoisotopic (exact) mass is 861 g/mol. The number of ketones is 1. The number of Topliss-reactive ketones (excluding diaryl/α,β-unsaturated/α-hetero) is 1. The molecule has 6 fully saturated rings. The van der Waals surface area contributed by atoms with Gasteiger partial charge in [0.1, 0.15) is 18.0 Å². The molecule has 1 aliphatic heterocycles. The zero-order valence-electron chi connectivity index (χ0n) is 38.4. The van der Waals surface area contributed by atoms with Crippen LogP contribution in [0.1, 0.15) is 151 Å². The van der Waals surface area contributed by atoms with Gasteiger partial charge < -0.3 is 25.2 Å². The zero-order valence-corrected chi connectivity index (χ0v) is 39.2. The number of hydrogen-bond donors (Lipinski definition) is 3. The quantitative estimate of drug-likeness (QED) is 0.198. The van der Waals surface area contributed by atoms with Gasteiger partial charge in [0.15, 0.2) is 5.78 Å². The number of aliphatic carboxylic acids is 1. The van der Waals surface area contributed by atoms with E-state index in [0.29, 0.717) is 42.7 Å². The van der Waals surface area contributed by atoms with Crippen molar-refractivity contribution < 1.29 is 33.8 Å². The number of halogens is 1. The Kier molecular flexibility index (Phi) is 11.5. The van der Waals surface area contributed by atoms with E-state index in [-0.39, 0.29) is 69.3 Å². The molecule has 0 radical (unpaired) electrons. The molecular formula is C51H73ClN2O7. The van der Waals surface area contributed by atoms with Crippen molar-refractivity contribution in [2.75, 3.05) is 13.1 Å². The molecule has 9 nitrogen and oxygen atoms in total. The Morgan fingerprint density at radius 1 is 0.869 bits per heavy atom. The highest BCUT2D eigenvalue weighted by atomic mass is 35.5. The van der Waals surface area contributed by atoms with E-state index in [1.165, 1.54) is 5.57 Å². The van der Waals surface area contributed by atoms with Crippen LogP contribution in [0.2, 0.25) is 5.02 Å². The number of carboxylic acid groups (broad SMARTS) is 1. The number of esters is 1. The van der Waals surface area contributed by atoms with Crippen LogP contribution in [-0.2, 0) is 30.5 Å². The van der Waals surface area contributed by atoms with Crippen molar-refractivity contribution in [1.29, 1.82) is 0 Å². The fourth-order valence-corrected chi connectivity index (χ4v) is 15.7. The summed E-state index contributed by atoms with van der Waals surface area (Å²) in [4.78, 5) is 53.9. The second kappa shape index (κ2) is 15.7. The lowest BCUT2D eigenvalue weighted by molar-refractivity contribution is -0.236. The van der Waals surface area contributed by atoms with Crippen LogP contribution in [-0.4, -0.2) is 54.0 Å². The third-order valence-corrected chi connectivity index (χ3v) is 19.4. The second-order valence-corrected chi connectivity index (χ2v) is 23.5. The Bertz CT molecular complexity index is 1980. The van der Waals surface area contributed by atoms with Crippen LogP contribution in [0.25, 0.3) is 0 Å². The third-order valence-electron chi connectivity index (χ3n) is 19.2. The molecule has 10 heteroatoms. The maximum Gasteiger partial charge on any atom is 0.309 e. The molecule has 5 saturated carbocycles. The number of carbonyl (C=O) groups excluding carboxylic acids is 3. The highest BCUT2D eigenvalue weighted by Crippen LogP contribution is 2.77. The van der Waals surface area contributed by atoms with E-state index >= 15 is 0 Å². The summed E-state index contributed by atoms with van der Waals surface area (Å²) in [6, 6.07) is 5.67. The number of hydrogen-bond acceptors (Lipinski definition) is 7. The van der Waals surface area contributed by atoms with Crippen molar-refractivity contribution in [2.45, 2.75) is 165 Å². The van der Waals surface area contributed by atoms with E-state index in [0.717, 1.165) is 94.2 Å². The van der Waals surface area contributed by atoms with E-state index in [1.807, 2.05) is 32.0 Å². The Labute approximate surface area is 369 Å². The van der Waals surface area contributed by atoms with Gasteiger partial charge in [0, 0.05) is 40.8 Å². The van der Waals surface area contributed by atoms with E-state index < -0.39 is 22.7 Å². The summed E-state index contributed by atoms with van der Waals surface area (Å²) in [5.41, 5.74) is 1.98. The fourth-order valence-electron chi connectivity index (χ4n) is 15.5. The van der Waals surface area contributed by atoms with Crippen LogP contribution in [0.4, 0.5) is 0 Å². The molecule has 1 aromatic carbocycles. The first-order chi connectivity index (χ1) is 28.6. The highest BCUT2D eigenvalue weighted by Gasteiger charge is 2.70. The van der Waals surface area contributed by atoms with Crippen molar-refractivity contribution >= 4 is 35.2 Å². The molecule has 3 N–H and O–H groups in total. The zero-order chi connectivity index (χ0) is 44.1. The summed E-state index contributed by atoms with van der Waals surface area (Å²) in [5.74, 6) is 0.169. The van der Waals surface area contributed by atoms with Gasteiger partial charge in [-0.3, -0.25) is 19.2 Å². The molecule has 61 heavy (non-hydrogen) atoms. The molecule has 0 spiro atoms. The Hall–Kier alpha value is -2.91. The molecule has 1 heterocycles. The minimum Gasteiger partial charge on any atom is -0.490 e. The molecule has 7 aliphatic rings. The highest BCUT2D eigenvalue weighted by molar-refractivity contribution is 6.30. The summed E-state index contributed by atoms with van der Waals surface area (Å²) in [6.07, 6.45) is 10.7. The number of amides is 1. The predicted octanol–water partition coefficient (Wildman–Crippen LogP) is 10.1. The van der Waals surface area contributed by atoms with E-state index in [2.05, 4.69) is 59.1 Å². The number of ether oxygens (including phenoxy) is 2. The number of rotatable bonds is 10. The van der Waals surface area contributed by atoms with E-state index in [4.69, 9.17) is 21.1 Å². The Morgan fingerprint density at radius 3 is 2.26 bits per heavy atom. The van der Waals surface area contributed by atoms with Gasteiger partial charge >= 0.3 is 11.9 Å². The van der Waals surface area contributed by atoms with Crippen molar-refractivity contribution in [3.05, 3.63) is 39.9 Å². The standard InChI is InChI=1S/C51H73ClN2O7/c1-29(2)42-36(55)26-51(27-41(56)54-28-30-10-11-31(52)24-37(30)60-32-16-22-53-23-17-32)21-20-49(8)33(43(42)51)12-13-39-48(7)18-15-40(47(5,6)38(48)14-19-50(39,49)9)61-45(59)35-25-34(44(57)58)46(35,3)4/h10-11,24,29,32-35,38-40,53H,12-23,25-28H2,1-9H3,(H,54,56)(H,57,58)/t33-,34+,35-,38+,39-,40+,48+,49-,50-,51+/m1/s1. The molecule has 0 bridgehead atoms. The number of benzene rings is 1. The maximum absolute atomic E-state index is 14.2. The molecule has 1 amide bonds. The van der Waals surface area contributed by atoms with Gasteiger partial charge in [0.05, 0.1) is 11.8 Å². The molecule has 10 atom stereocenters. The first kappa shape index (κ1) is 44.7. The topological polar surface area (TPSA) is 131 Å². The number of nitrogens with one attached hydrogen (secondary N) is 2. The minimum absolute atomic E-state index is 0.0168. The molecule has 1 aromatic rings. The van der Waals surface area contributed by atoms with E-state index in [1.54, 1.807) is 0 Å². The largest absolute Gasteiger partial charge is 0.490 e. The molecule has 0 unspecified atom stereocenters. The lowest BCUT2D eigenvalue weighted by Gasteiger charge is -2.72. The SMILES string of the molecule is CC(C)C1=C2[C@H]3CC[C@@H]4[C@@]5(C)CC[C@H](OC(=O)[C@H]6C[C@@H](C(=O)O)C6(C)C)C(C)(C)[C@@H]5CC[C@@]4(C)[C@]3(C)CC[C@@]2(CC(=O)NCc2ccc(Cl)cc2OC2CCNCC2)CC1=O. The van der Waals surface area contributed by atoms with Gasteiger partial charge in [-0.05, 0) is 147 Å². The van der Waals surface area contributed by atoms with Crippen LogP contribution in [0.5, 0.6) is 5.75 Å². The molecular weight excluding hydrogens is 788 g/mol. The molecule has 0 aromatic heterocycles. The van der Waals surface area contributed by atoms with Crippen LogP contribution < -0.4 is 15.4 Å². The number of carboxylic acids is 1. The number of piperidine rings is 1. The van der Waals surface area contributed by atoms with Gasteiger partial charge in [0.25, 0.3) is 0 Å². The van der Waals surface area contributed by atoms with Gasteiger partial charge in [-0.1, -0.05) is 85.6 Å². The lowest BCUT2D eigenvalue weighted by Crippen LogP contribution is -2.66. The second-order valence-electron chi connectivity index (χ2n) is 23.0. The first-order valence-corrected chi connectivity index (χ1v) is 24.1. The lowest BCUT2D eigenvalue weighted by atomic mass is 9.33. The van der Waals surface area contributed by atoms with Crippen LogP contribution in [0.15, 0.2) is 29.3 Å². The van der Waals surface area contributed by atoms with Crippen molar-refractivity contribution in [1.82, 2.24) is 10.6 Å². The molecule has 336 valence electrons. The third kappa shape index (κ3) is 7.11. The predicted molar refractivity (Wildman–Crippen MR) is 237 cm³/mol.